The van der Waals surface area contributed by atoms with Crippen molar-refractivity contribution in [1.29, 1.82) is 0 Å². The van der Waals surface area contributed by atoms with E-state index in [2.05, 4.69) is 54.5 Å². The average Bonchev–Trinajstić information content (AvgIpc) is 2.99. The standard InChI is InChI=1S/C18H30N2/c1-16(18-11-6-7-12-18)19-13-8-14-20(2)15-17-9-4-3-5-10-17/h3-5,9-10,16,18-19H,6-8,11-15H2,1-2H3. The molecule has 1 unspecified atom stereocenters. The SMILES string of the molecule is CC(NCCCN(C)Cc1ccccc1)C1CCCC1. The van der Waals surface area contributed by atoms with Gasteiger partial charge in [0.1, 0.15) is 0 Å². The minimum atomic E-state index is 0.705. The summed E-state index contributed by atoms with van der Waals surface area (Å²) in [5.41, 5.74) is 1.40. The van der Waals surface area contributed by atoms with E-state index in [0.717, 1.165) is 19.0 Å². The van der Waals surface area contributed by atoms with Gasteiger partial charge in [0.25, 0.3) is 0 Å². The minimum absolute atomic E-state index is 0.705. The molecular weight excluding hydrogens is 244 g/mol. The van der Waals surface area contributed by atoms with Crippen LogP contribution in [0.3, 0.4) is 0 Å². The van der Waals surface area contributed by atoms with Gasteiger partial charge >= 0.3 is 0 Å². The molecule has 0 bridgehead atoms. The van der Waals surface area contributed by atoms with Gasteiger partial charge < -0.3 is 10.2 Å². The summed E-state index contributed by atoms with van der Waals surface area (Å²) in [6.45, 7) is 5.73. The first kappa shape index (κ1) is 15.5. The van der Waals surface area contributed by atoms with Crippen LogP contribution in [0.15, 0.2) is 30.3 Å². The fourth-order valence-corrected chi connectivity index (χ4v) is 3.28. The van der Waals surface area contributed by atoms with Crippen LogP contribution < -0.4 is 5.32 Å². The van der Waals surface area contributed by atoms with Crippen LogP contribution >= 0.6 is 0 Å². The van der Waals surface area contributed by atoms with Gasteiger partial charge in [0.05, 0.1) is 0 Å². The van der Waals surface area contributed by atoms with E-state index >= 15 is 0 Å². The molecule has 0 saturated heterocycles. The van der Waals surface area contributed by atoms with Crippen molar-refractivity contribution in [3.63, 3.8) is 0 Å². The average molecular weight is 274 g/mol. The molecule has 1 aliphatic carbocycles. The van der Waals surface area contributed by atoms with Gasteiger partial charge in [-0.2, -0.15) is 0 Å². The number of nitrogens with one attached hydrogen (secondary N) is 1. The highest BCUT2D eigenvalue weighted by Gasteiger charge is 2.20. The zero-order chi connectivity index (χ0) is 14.2. The molecule has 0 aliphatic heterocycles. The van der Waals surface area contributed by atoms with Gasteiger partial charge in [-0.05, 0) is 57.8 Å². The van der Waals surface area contributed by atoms with Gasteiger partial charge in [0.15, 0.2) is 0 Å². The summed E-state index contributed by atoms with van der Waals surface area (Å²) in [5, 5.41) is 3.72. The second kappa shape index (κ2) is 8.43. The first-order chi connectivity index (χ1) is 9.75. The molecule has 1 aliphatic rings. The van der Waals surface area contributed by atoms with E-state index in [0.29, 0.717) is 6.04 Å². The number of nitrogens with zero attached hydrogens (tertiary/aromatic N) is 1. The lowest BCUT2D eigenvalue weighted by atomic mass is 10.00. The normalized spacial score (nSPS) is 17.8. The van der Waals surface area contributed by atoms with E-state index < -0.39 is 0 Å². The Morgan fingerprint density at radius 3 is 2.60 bits per heavy atom. The van der Waals surface area contributed by atoms with Crippen LogP contribution in [0.2, 0.25) is 0 Å². The Balaban J connectivity index is 1.56. The number of hydrogen-bond donors (Lipinski definition) is 1. The van der Waals surface area contributed by atoms with Crippen LogP contribution in [0.5, 0.6) is 0 Å². The van der Waals surface area contributed by atoms with Crippen LogP contribution in [-0.2, 0) is 6.54 Å². The maximum absolute atomic E-state index is 3.72. The van der Waals surface area contributed by atoms with Crippen molar-refractivity contribution in [2.75, 3.05) is 20.1 Å². The van der Waals surface area contributed by atoms with Crippen molar-refractivity contribution in [1.82, 2.24) is 10.2 Å². The fraction of sp³-hybridized carbons (Fsp3) is 0.667. The van der Waals surface area contributed by atoms with Crippen molar-refractivity contribution in [2.24, 2.45) is 5.92 Å². The first-order valence-corrected chi connectivity index (χ1v) is 8.21. The van der Waals surface area contributed by atoms with Crippen LogP contribution in [-0.4, -0.2) is 31.1 Å². The molecule has 0 heterocycles. The molecule has 2 heteroatoms. The second-order valence-corrected chi connectivity index (χ2v) is 6.36. The Kier molecular flexibility index (Phi) is 6.55. The quantitative estimate of drug-likeness (QED) is 0.728. The molecule has 1 aromatic carbocycles. The van der Waals surface area contributed by atoms with E-state index in [-0.39, 0.29) is 0 Å². The van der Waals surface area contributed by atoms with Crippen molar-refractivity contribution >= 4 is 0 Å². The highest BCUT2D eigenvalue weighted by Crippen LogP contribution is 2.27. The van der Waals surface area contributed by atoms with Gasteiger partial charge in [-0.3, -0.25) is 0 Å². The zero-order valence-electron chi connectivity index (χ0n) is 13.1. The molecule has 2 rings (SSSR count). The minimum Gasteiger partial charge on any atom is -0.314 e. The van der Waals surface area contributed by atoms with E-state index in [1.165, 1.54) is 44.2 Å². The monoisotopic (exact) mass is 274 g/mol. The predicted molar refractivity (Wildman–Crippen MR) is 86.8 cm³/mol. The Morgan fingerprint density at radius 1 is 1.20 bits per heavy atom. The summed E-state index contributed by atoms with van der Waals surface area (Å²) in [4.78, 5) is 2.41. The van der Waals surface area contributed by atoms with Gasteiger partial charge in [-0.25, -0.2) is 0 Å². The predicted octanol–water partition coefficient (Wildman–Crippen LogP) is 3.68. The van der Waals surface area contributed by atoms with Gasteiger partial charge in [-0.1, -0.05) is 43.2 Å². The summed E-state index contributed by atoms with van der Waals surface area (Å²) in [5.74, 6) is 0.928. The number of rotatable bonds is 8. The molecule has 0 radical (unpaired) electrons. The lowest BCUT2D eigenvalue weighted by Crippen LogP contribution is -2.34. The molecule has 0 aromatic heterocycles. The van der Waals surface area contributed by atoms with Gasteiger partial charge in [-0.15, -0.1) is 0 Å². The first-order valence-electron chi connectivity index (χ1n) is 8.21. The Labute approximate surface area is 124 Å². The number of benzene rings is 1. The maximum atomic E-state index is 3.72. The second-order valence-electron chi connectivity index (χ2n) is 6.36. The highest BCUT2D eigenvalue weighted by atomic mass is 15.1. The van der Waals surface area contributed by atoms with Crippen molar-refractivity contribution in [2.45, 2.75) is 51.6 Å². The van der Waals surface area contributed by atoms with Crippen LogP contribution in [0, 0.1) is 5.92 Å². The lowest BCUT2D eigenvalue weighted by Gasteiger charge is -2.21. The summed E-state index contributed by atoms with van der Waals surface area (Å²) in [7, 11) is 2.22. The highest BCUT2D eigenvalue weighted by molar-refractivity contribution is 5.14. The summed E-state index contributed by atoms with van der Waals surface area (Å²) < 4.78 is 0. The summed E-state index contributed by atoms with van der Waals surface area (Å²) in [6.07, 6.45) is 6.98. The van der Waals surface area contributed by atoms with E-state index in [4.69, 9.17) is 0 Å². The maximum Gasteiger partial charge on any atom is 0.0230 e. The van der Waals surface area contributed by atoms with Crippen molar-refractivity contribution in [3.8, 4) is 0 Å². The largest absolute Gasteiger partial charge is 0.314 e. The van der Waals surface area contributed by atoms with Crippen molar-refractivity contribution < 1.29 is 0 Å². The van der Waals surface area contributed by atoms with Crippen LogP contribution in [0.4, 0.5) is 0 Å². The van der Waals surface area contributed by atoms with E-state index in [9.17, 15) is 0 Å². The van der Waals surface area contributed by atoms with E-state index in [1.807, 2.05) is 0 Å². The fourth-order valence-electron chi connectivity index (χ4n) is 3.28. The van der Waals surface area contributed by atoms with Crippen LogP contribution in [0.1, 0.15) is 44.6 Å². The molecule has 1 atom stereocenters. The molecule has 1 fully saturated rings. The smallest absolute Gasteiger partial charge is 0.0230 e. The molecule has 112 valence electrons. The summed E-state index contributed by atoms with van der Waals surface area (Å²) >= 11 is 0. The third-order valence-corrected chi connectivity index (χ3v) is 4.59. The molecule has 0 spiro atoms. The third kappa shape index (κ3) is 5.26. The van der Waals surface area contributed by atoms with Gasteiger partial charge in [0, 0.05) is 12.6 Å². The van der Waals surface area contributed by atoms with Crippen molar-refractivity contribution in [3.05, 3.63) is 35.9 Å². The molecule has 0 amide bonds. The Hall–Kier alpha value is -0.860. The topological polar surface area (TPSA) is 15.3 Å². The summed E-state index contributed by atoms with van der Waals surface area (Å²) in [6, 6.07) is 11.4. The molecular formula is C18H30N2. The van der Waals surface area contributed by atoms with Gasteiger partial charge in [0.2, 0.25) is 0 Å². The Morgan fingerprint density at radius 2 is 1.90 bits per heavy atom. The lowest BCUT2D eigenvalue weighted by molar-refractivity contribution is 0.309. The molecule has 1 aromatic rings. The van der Waals surface area contributed by atoms with E-state index in [1.54, 1.807) is 0 Å². The molecule has 2 nitrogen and oxygen atoms in total. The Bertz CT molecular complexity index is 357. The van der Waals surface area contributed by atoms with Crippen LogP contribution in [0.25, 0.3) is 0 Å². The number of hydrogen-bond acceptors (Lipinski definition) is 2. The zero-order valence-corrected chi connectivity index (χ0v) is 13.1. The molecule has 20 heavy (non-hydrogen) atoms. The molecule has 1 N–H and O–H groups in total. The third-order valence-electron chi connectivity index (χ3n) is 4.59. The molecule has 1 saturated carbocycles.